The van der Waals surface area contributed by atoms with Crippen LogP contribution in [-0.2, 0) is 0 Å². The van der Waals surface area contributed by atoms with Gasteiger partial charge in [0.1, 0.15) is 0 Å². The van der Waals surface area contributed by atoms with Gasteiger partial charge in [0.05, 0.1) is 0 Å². The van der Waals surface area contributed by atoms with Crippen molar-refractivity contribution in [2.24, 2.45) is 0 Å². The van der Waals surface area contributed by atoms with Crippen molar-refractivity contribution in [1.29, 1.82) is 0 Å². The number of hydrogen-bond donors (Lipinski definition) is 0. The summed E-state index contributed by atoms with van der Waals surface area (Å²) in [5, 5.41) is 3.00. The Labute approximate surface area is 131 Å². The predicted molar refractivity (Wildman–Crippen MR) is 90.9 cm³/mol. The van der Waals surface area contributed by atoms with Crippen LogP contribution in [0.1, 0.15) is 0 Å². The molecule has 0 nitrogen and oxygen atoms in total. The van der Waals surface area contributed by atoms with Gasteiger partial charge in [0, 0.05) is 0 Å². The molecule has 2 heteroatoms. The van der Waals surface area contributed by atoms with Crippen molar-refractivity contribution < 1.29 is 0 Å². The van der Waals surface area contributed by atoms with E-state index in [0.717, 1.165) is 0 Å². The molecule has 0 bridgehead atoms. The molecule has 3 aromatic rings. The average molecular weight is 390 g/mol. The van der Waals surface area contributed by atoms with E-state index >= 15 is 0 Å². The van der Waals surface area contributed by atoms with Crippen LogP contribution in [0.4, 0.5) is 0 Å². The molecule has 0 aliphatic carbocycles. The third-order valence-electron chi connectivity index (χ3n) is 2.92. The zero-order chi connectivity index (χ0) is 13.6. The number of benzene rings is 3. The minimum absolute atomic E-state index is 0.197. The van der Waals surface area contributed by atoms with Crippen LogP contribution in [0.3, 0.4) is 0 Å². The summed E-state index contributed by atoms with van der Waals surface area (Å²) >= 11 is -0.238. The topological polar surface area (TPSA) is 0 Å². The number of hydrogen-bond acceptors (Lipinski definition) is 0. The Hall–Kier alpha value is -1.12. The standard InChI is InChI=1S/C18H15PTe/c1-4-10-16(11-5-1)19(17-12-6-2-7-13-17)20-18-14-8-3-9-15-18/h1-15H. The van der Waals surface area contributed by atoms with Gasteiger partial charge in [-0.05, 0) is 0 Å². The van der Waals surface area contributed by atoms with E-state index in [1.54, 1.807) is 0 Å². The summed E-state index contributed by atoms with van der Waals surface area (Å²) < 4.78 is 1.54. The van der Waals surface area contributed by atoms with Crippen LogP contribution in [0.25, 0.3) is 0 Å². The summed E-state index contributed by atoms with van der Waals surface area (Å²) in [7, 11) is 0. The van der Waals surface area contributed by atoms with Gasteiger partial charge in [-0.1, -0.05) is 0 Å². The van der Waals surface area contributed by atoms with Gasteiger partial charge in [0.15, 0.2) is 0 Å². The molecule has 20 heavy (non-hydrogen) atoms. The van der Waals surface area contributed by atoms with Crippen LogP contribution < -0.4 is 14.2 Å². The van der Waals surface area contributed by atoms with Crippen molar-refractivity contribution >= 4 is 40.2 Å². The van der Waals surface area contributed by atoms with E-state index < -0.39 is 0 Å². The SMILES string of the molecule is c1ccc([Te]P(c2ccccc2)c2ccccc2)cc1. The summed E-state index contributed by atoms with van der Waals surface area (Å²) in [6, 6.07) is 33.0. The Kier molecular flexibility index (Phi) is 4.88. The monoisotopic (exact) mass is 392 g/mol. The molecule has 0 spiro atoms. The quantitative estimate of drug-likeness (QED) is 0.475. The van der Waals surface area contributed by atoms with Gasteiger partial charge in [-0.3, -0.25) is 0 Å². The van der Waals surface area contributed by atoms with Crippen LogP contribution in [0.5, 0.6) is 0 Å². The fourth-order valence-corrected chi connectivity index (χ4v) is 10.9. The van der Waals surface area contributed by atoms with Crippen LogP contribution in [-0.4, -0.2) is 20.4 Å². The fraction of sp³-hybridized carbons (Fsp3) is 0. The van der Waals surface area contributed by atoms with E-state index in [1.807, 2.05) is 0 Å². The molecule has 0 atom stereocenters. The first-order valence-electron chi connectivity index (χ1n) is 6.57. The Morgan fingerprint density at radius 1 is 0.500 bits per heavy atom. The zero-order valence-electron chi connectivity index (χ0n) is 11.0. The summed E-state index contributed by atoms with van der Waals surface area (Å²) in [6.07, 6.45) is 0. The van der Waals surface area contributed by atoms with Gasteiger partial charge >= 0.3 is 131 Å². The maximum atomic E-state index is 2.28. The van der Waals surface area contributed by atoms with E-state index in [4.69, 9.17) is 0 Å². The van der Waals surface area contributed by atoms with E-state index in [1.165, 1.54) is 14.2 Å². The molecule has 0 saturated heterocycles. The summed E-state index contributed by atoms with van der Waals surface area (Å²) in [6.45, 7) is 0. The molecule has 0 aliphatic heterocycles. The van der Waals surface area contributed by atoms with Gasteiger partial charge in [0.25, 0.3) is 0 Å². The first-order chi connectivity index (χ1) is 9.93. The van der Waals surface area contributed by atoms with Gasteiger partial charge in [-0.2, -0.15) is 0 Å². The molecule has 0 amide bonds. The van der Waals surface area contributed by atoms with Crippen LogP contribution >= 0.6 is 5.61 Å². The fourth-order valence-electron chi connectivity index (χ4n) is 1.97. The van der Waals surface area contributed by atoms with Crippen molar-refractivity contribution in [2.75, 3.05) is 0 Å². The van der Waals surface area contributed by atoms with E-state index in [0.29, 0.717) is 0 Å². The third-order valence-corrected chi connectivity index (χ3v) is 12.6. The Morgan fingerprint density at radius 3 is 1.35 bits per heavy atom. The van der Waals surface area contributed by atoms with Crippen molar-refractivity contribution in [1.82, 2.24) is 0 Å². The second kappa shape index (κ2) is 7.05. The van der Waals surface area contributed by atoms with E-state index in [9.17, 15) is 0 Å². The predicted octanol–water partition coefficient (Wildman–Crippen LogP) is 3.06. The molecule has 98 valence electrons. The first kappa shape index (κ1) is 13.8. The van der Waals surface area contributed by atoms with E-state index in [-0.39, 0.29) is 26.0 Å². The zero-order valence-corrected chi connectivity index (χ0v) is 14.2. The van der Waals surface area contributed by atoms with Crippen molar-refractivity contribution in [3.63, 3.8) is 0 Å². The third kappa shape index (κ3) is 3.50. The normalized spacial score (nSPS) is 10.7. The van der Waals surface area contributed by atoms with Crippen LogP contribution in [0.15, 0.2) is 91.0 Å². The molecule has 3 rings (SSSR count). The molecule has 0 aromatic heterocycles. The summed E-state index contributed by atoms with van der Waals surface area (Å²) in [4.78, 5) is 0. The molecule has 0 heterocycles. The van der Waals surface area contributed by atoms with Gasteiger partial charge in [0.2, 0.25) is 0 Å². The molecule has 0 N–H and O–H groups in total. The van der Waals surface area contributed by atoms with Crippen LogP contribution in [0.2, 0.25) is 0 Å². The molecule has 0 unspecified atom stereocenters. The summed E-state index contributed by atoms with van der Waals surface area (Å²) in [5.41, 5.74) is -0.197. The maximum absolute atomic E-state index is 2.28. The Morgan fingerprint density at radius 2 is 0.900 bits per heavy atom. The molecule has 0 fully saturated rings. The van der Waals surface area contributed by atoms with Crippen molar-refractivity contribution in [3.8, 4) is 0 Å². The van der Waals surface area contributed by atoms with Crippen molar-refractivity contribution in [2.45, 2.75) is 0 Å². The van der Waals surface area contributed by atoms with Gasteiger partial charge in [-0.25, -0.2) is 0 Å². The Balaban J connectivity index is 1.96. The number of rotatable bonds is 4. The van der Waals surface area contributed by atoms with Crippen LogP contribution in [0, 0.1) is 0 Å². The van der Waals surface area contributed by atoms with Crippen molar-refractivity contribution in [3.05, 3.63) is 91.0 Å². The summed E-state index contributed by atoms with van der Waals surface area (Å²) in [5.74, 6) is 0. The second-order valence-electron chi connectivity index (χ2n) is 4.37. The average Bonchev–Trinajstić information content (AvgIpc) is 2.55. The minimum atomic E-state index is -0.238. The van der Waals surface area contributed by atoms with Gasteiger partial charge in [-0.15, -0.1) is 0 Å². The molecule has 3 aromatic carbocycles. The molecule has 0 saturated carbocycles. The van der Waals surface area contributed by atoms with E-state index in [2.05, 4.69) is 91.0 Å². The molecular weight excluding hydrogens is 375 g/mol. The van der Waals surface area contributed by atoms with Gasteiger partial charge < -0.3 is 0 Å². The molecular formula is C18H15PTe. The second-order valence-corrected chi connectivity index (χ2v) is 12.2. The molecule has 0 aliphatic rings. The molecule has 0 radical (unpaired) electrons. The Bertz CT molecular complexity index is 599. The first-order valence-corrected chi connectivity index (χ1v) is 12.1.